The van der Waals surface area contributed by atoms with Crippen molar-refractivity contribution >= 4 is 22.4 Å². The third-order valence-corrected chi connectivity index (χ3v) is 16.4. The highest BCUT2D eigenvalue weighted by Crippen LogP contribution is 2.42. The molecular formula is C25H44O4Si2. The summed E-state index contributed by atoms with van der Waals surface area (Å²) >= 11 is 0. The molecule has 0 aromatic heterocycles. The number of ketones is 1. The van der Waals surface area contributed by atoms with E-state index in [1.54, 1.807) is 0 Å². The van der Waals surface area contributed by atoms with Crippen molar-refractivity contribution in [2.45, 2.75) is 116 Å². The Hall–Kier alpha value is -0.796. The summed E-state index contributed by atoms with van der Waals surface area (Å²) in [6, 6.07) is 10.2. The van der Waals surface area contributed by atoms with Gasteiger partial charge in [0.2, 0.25) is 0 Å². The molecule has 1 aromatic rings. The van der Waals surface area contributed by atoms with Gasteiger partial charge < -0.3 is 13.6 Å². The van der Waals surface area contributed by atoms with Crippen LogP contribution in [0.25, 0.3) is 0 Å². The summed E-state index contributed by atoms with van der Waals surface area (Å²) in [7, 11) is -4.15. The van der Waals surface area contributed by atoms with Crippen molar-refractivity contribution in [1.82, 2.24) is 0 Å². The van der Waals surface area contributed by atoms with Crippen LogP contribution < -0.4 is 0 Å². The molecule has 6 heteroatoms. The minimum atomic E-state index is -2.07. The summed E-state index contributed by atoms with van der Waals surface area (Å²) in [6.45, 7) is 22.8. The molecule has 0 N–H and O–H groups in total. The van der Waals surface area contributed by atoms with Gasteiger partial charge in [-0.3, -0.25) is 4.79 Å². The second-order valence-corrected chi connectivity index (χ2v) is 21.6. The molecule has 0 radical (unpaired) electrons. The van der Waals surface area contributed by atoms with Crippen LogP contribution in [0, 0.1) is 0 Å². The van der Waals surface area contributed by atoms with Crippen LogP contribution >= 0.6 is 0 Å². The Bertz CT molecular complexity index is 692. The van der Waals surface area contributed by atoms with Crippen LogP contribution in [0.3, 0.4) is 0 Å². The maximum atomic E-state index is 12.8. The quantitative estimate of drug-likeness (QED) is 0.420. The third-order valence-electron chi connectivity index (χ3n) is 7.38. The summed E-state index contributed by atoms with van der Waals surface area (Å²) in [4.78, 5) is 12.8. The van der Waals surface area contributed by atoms with Crippen LogP contribution in [0.2, 0.25) is 36.3 Å². The second-order valence-electron chi connectivity index (χ2n) is 12.0. The highest BCUT2D eigenvalue weighted by molar-refractivity contribution is 6.74. The van der Waals surface area contributed by atoms with Crippen LogP contribution in [0.5, 0.6) is 0 Å². The van der Waals surface area contributed by atoms with Crippen LogP contribution in [0.15, 0.2) is 30.3 Å². The first-order valence-corrected chi connectivity index (χ1v) is 17.4. The number of carbonyl (C=O) groups excluding carboxylic acids is 1. The lowest BCUT2D eigenvalue weighted by atomic mass is 9.91. The van der Waals surface area contributed by atoms with Crippen LogP contribution in [0.4, 0.5) is 0 Å². The number of hydrogen-bond donors (Lipinski definition) is 0. The van der Waals surface area contributed by atoms with Gasteiger partial charge in [0.25, 0.3) is 0 Å². The Morgan fingerprint density at radius 2 is 1.23 bits per heavy atom. The molecule has 31 heavy (non-hydrogen) atoms. The highest BCUT2D eigenvalue weighted by Gasteiger charge is 2.48. The molecule has 1 aliphatic carbocycles. The van der Waals surface area contributed by atoms with E-state index in [1.165, 1.54) is 0 Å². The second kappa shape index (κ2) is 9.60. The van der Waals surface area contributed by atoms with E-state index in [9.17, 15) is 4.79 Å². The van der Waals surface area contributed by atoms with Gasteiger partial charge in [0, 0.05) is 12.8 Å². The van der Waals surface area contributed by atoms with Crippen molar-refractivity contribution in [2.24, 2.45) is 0 Å². The van der Waals surface area contributed by atoms with Crippen molar-refractivity contribution in [3.63, 3.8) is 0 Å². The van der Waals surface area contributed by atoms with Gasteiger partial charge in [-0.25, -0.2) is 0 Å². The Kier molecular flexibility index (Phi) is 8.19. The molecule has 2 rings (SSSR count). The zero-order valence-electron chi connectivity index (χ0n) is 21.4. The van der Waals surface area contributed by atoms with Gasteiger partial charge in [-0.2, -0.15) is 0 Å². The lowest BCUT2D eigenvalue weighted by Crippen LogP contribution is -2.57. The smallest absolute Gasteiger partial charge is 0.192 e. The Balaban J connectivity index is 2.33. The number of ether oxygens (including phenoxy) is 1. The molecule has 1 saturated carbocycles. The van der Waals surface area contributed by atoms with Gasteiger partial charge in [0.15, 0.2) is 16.6 Å². The summed E-state index contributed by atoms with van der Waals surface area (Å²) in [6.07, 6.45) is 0.0366. The molecule has 1 aliphatic rings. The molecule has 176 valence electrons. The van der Waals surface area contributed by atoms with Gasteiger partial charge in [0.05, 0.1) is 18.8 Å². The molecule has 0 saturated heterocycles. The first-order chi connectivity index (χ1) is 14.0. The molecule has 0 bridgehead atoms. The van der Waals surface area contributed by atoms with Gasteiger partial charge >= 0.3 is 0 Å². The molecule has 0 heterocycles. The Labute approximate surface area is 192 Å². The van der Waals surface area contributed by atoms with Gasteiger partial charge in [0.1, 0.15) is 11.9 Å². The van der Waals surface area contributed by atoms with Crippen molar-refractivity contribution in [3.05, 3.63) is 35.9 Å². The summed E-state index contributed by atoms with van der Waals surface area (Å²) in [5.74, 6) is 0.215. The first-order valence-electron chi connectivity index (χ1n) is 11.6. The Morgan fingerprint density at radius 3 is 1.61 bits per heavy atom. The normalized spacial score (nSPS) is 22.1. The van der Waals surface area contributed by atoms with E-state index in [2.05, 4.69) is 79.9 Å². The number of carbonyl (C=O) groups is 1. The lowest BCUT2D eigenvalue weighted by molar-refractivity contribution is -0.146. The predicted octanol–water partition coefficient (Wildman–Crippen LogP) is 6.72. The van der Waals surface area contributed by atoms with E-state index in [0.29, 0.717) is 19.4 Å². The zero-order valence-corrected chi connectivity index (χ0v) is 23.4. The predicted molar refractivity (Wildman–Crippen MR) is 133 cm³/mol. The molecule has 0 aliphatic heterocycles. The number of Topliss-reactive ketones (excluding diaryl/α,β-unsaturated/α-hetero) is 1. The van der Waals surface area contributed by atoms with Crippen LogP contribution in [-0.2, 0) is 25.0 Å². The third kappa shape index (κ3) is 6.84. The maximum Gasteiger partial charge on any atom is 0.192 e. The van der Waals surface area contributed by atoms with E-state index < -0.39 is 16.6 Å². The van der Waals surface area contributed by atoms with Gasteiger partial charge in [-0.15, -0.1) is 0 Å². The van der Waals surface area contributed by atoms with Gasteiger partial charge in [-0.05, 0) is 41.8 Å². The minimum absolute atomic E-state index is 0.0628. The monoisotopic (exact) mass is 464 g/mol. The largest absolute Gasteiger partial charge is 0.411 e. The van der Waals surface area contributed by atoms with E-state index in [4.69, 9.17) is 13.6 Å². The van der Waals surface area contributed by atoms with Crippen LogP contribution in [-0.4, -0.2) is 40.7 Å². The molecule has 1 aromatic carbocycles. The SMILES string of the molecule is CC(C)(C)[Si](C)(C)O[C@@H]1CC(=O)C[C@@H](O[Si](C)(C)C(C)(C)C)C1OCc1ccccc1. The molecule has 4 nitrogen and oxygen atoms in total. The molecule has 0 amide bonds. The van der Waals surface area contributed by atoms with Crippen molar-refractivity contribution in [2.75, 3.05) is 0 Å². The average Bonchev–Trinajstić information content (AvgIpc) is 2.59. The first kappa shape index (κ1) is 26.5. The molecule has 0 spiro atoms. The number of hydrogen-bond acceptors (Lipinski definition) is 4. The molecule has 1 fully saturated rings. The zero-order chi connectivity index (χ0) is 23.7. The fourth-order valence-electron chi connectivity index (χ4n) is 3.31. The van der Waals surface area contributed by atoms with Crippen molar-refractivity contribution in [1.29, 1.82) is 0 Å². The summed E-state index contributed by atoms with van der Waals surface area (Å²) in [5, 5.41) is 0.126. The summed E-state index contributed by atoms with van der Waals surface area (Å²) < 4.78 is 20.0. The fraction of sp³-hybridized carbons (Fsp3) is 0.720. The van der Waals surface area contributed by atoms with Crippen LogP contribution in [0.1, 0.15) is 59.9 Å². The standard InChI is InChI=1S/C25H44O4Si2/c1-24(2,3)30(7,8)28-21-16-20(26)17-22(29-31(9,10)25(4,5)6)23(21)27-18-19-14-12-11-13-15-19/h11-15,21-23H,16-18H2,1-10H3/t21-,22-/m1/s1. The van der Waals surface area contributed by atoms with E-state index in [0.717, 1.165) is 5.56 Å². The number of benzene rings is 1. The van der Waals surface area contributed by atoms with Crippen molar-refractivity contribution in [3.8, 4) is 0 Å². The van der Waals surface area contributed by atoms with E-state index in [1.807, 2.05) is 18.2 Å². The van der Waals surface area contributed by atoms with E-state index in [-0.39, 0.29) is 34.2 Å². The van der Waals surface area contributed by atoms with Gasteiger partial charge in [-0.1, -0.05) is 71.9 Å². The highest BCUT2D eigenvalue weighted by atomic mass is 28.4. The number of rotatable bonds is 7. The fourth-order valence-corrected chi connectivity index (χ4v) is 5.97. The lowest BCUT2D eigenvalue weighted by Gasteiger charge is -2.47. The van der Waals surface area contributed by atoms with Crippen molar-refractivity contribution < 1.29 is 18.4 Å². The molecule has 0 unspecified atom stereocenters. The molecule has 2 atom stereocenters. The maximum absolute atomic E-state index is 12.8. The van der Waals surface area contributed by atoms with E-state index >= 15 is 0 Å². The summed E-state index contributed by atoms with van der Waals surface area (Å²) in [5.41, 5.74) is 1.12. The average molecular weight is 465 g/mol. The minimum Gasteiger partial charge on any atom is -0.411 e. The topological polar surface area (TPSA) is 44.8 Å². The molecular weight excluding hydrogens is 420 g/mol. The Morgan fingerprint density at radius 1 is 0.806 bits per heavy atom.